The van der Waals surface area contributed by atoms with E-state index in [4.69, 9.17) is 0 Å². The van der Waals surface area contributed by atoms with E-state index in [-0.39, 0.29) is 17.3 Å². The Bertz CT molecular complexity index is 1040. The van der Waals surface area contributed by atoms with Gasteiger partial charge in [0.25, 0.3) is 5.91 Å². The van der Waals surface area contributed by atoms with Gasteiger partial charge in [-0.1, -0.05) is 12.1 Å². The summed E-state index contributed by atoms with van der Waals surface area (Å²) in [5.74, 6) is -0.188. The molecule has 1 aromatic carbocycles. The summed E-state index contributed by atoms with van der Waals surface area (Å²) in [6.45, 7) is 3.14. The molecule has 0 radical (unpaired) electrons. The van der Waals surface area contributed by atoms with Crippen LogP contribution in [0.3, 0.4) is 0 Å². The number of alkyl halides is 3. The summed E-state index contributed by atoms with van der Waals surface area (Å²) in [4.78, 5) is 28.9. The van der Waals surface area contributed by atoms with E-state index in [0.29, 0.717) is 26.7 Å². The first-order valence-corrected chi connectivity index (χ1v) is 9.64. The Balaban J connectivity index is 1.81. The molecule has 0 aliphatic carbocycles. The van der Waals surface area contributed by atoms with Crippen molar-refractivity contribution in [2.45, 2.75) is 26.4 Å². The number of nitrogens with zero attached hydrogens (tertiary/aromatic N) is 2. The molecule has 0 atom stereocenters. The highest BCUT2D eigenvalue weighted by Crippen LogP contribution is 2.36. The van der Waals surface area contributed by atoms with Gasteiger partial charge < -0.3 is 0 Å². The Kier molecular flexibility index (Phi) is 5.61. The third-order valence-electron chi connectivity index (χ3n) is 3.73. The average molecular weight is 425 g/mol. The minimum Gasteiger partial charge on any atom is -0.300 e. The molecule has 0 aliphatic heterocycles. The zero-order chi connectivity index (χ0) is 20.5. The van der Waals surface area contributed by atoms with Gasteiger partial charge >= 0.3 is 6.18 Å². The van der Waals surface area contributed by atoms with Gasteiger partial charge in [0.15, 0.2) is 5.82 Å². The summed E-state index contributed by atoms with van der Waals surface area (Å²) >= 11 is 2.20. The molecule has 0 unspecified atom stereocenters. The number of aromatic nitrogens is 2. The summed E-state index contributed by atoms with van der Waals surface area (Å²) in [6.07, 6.45) is -4.35. The highest BCUT2D eigenvalue weighted by atomic mass is 32.1. The number of thiophene rings is 1. The Morgan fingerprint density at radius 1 is 1.21 bits per heavy atom. The van der Waals surface area contributed by atoms with E-state index in [1.165, 1.54) is 24.3 Å². The van der Waals surface area contributed by atoms with Gasteiger partial charge in [-0.25, -0.2) is 4.98 Å². The molecule has 1 N–H and O–H groups in total. The van der Waals surface area contributed by atoms with Gasteiger partial charge in [0, 0.05) is 21.3 Å². The number of benzene rings is 1. The van der Waals surface area contributed by atoms with E-state index < -0.39 is 17.6 Å². The molecule has 5 nitrogen and oxygen atoms in total. The van der Waals surface area contributed by atoms with E-state index in [2.05, 4.69) is 14.7 Å². The van der Waals surface area contributed by atoms with Crippen molar-refractivity contribution in [2.24, 2.45) is 0 Å². The van der Waals surface area contributed by atoms with Crippen molar-refractivity contribution in [1.29, 1.82) is 0 Å². The largest absolute Gasteiger partial charge is 0.416 e. The van der Waals surface area contributed by atoms with Gasteiger partial charge in [-0.15, -0.1) is 11.3 Å². The number of halogens is 3. The lowest BCUT2D eigenvalue weighted by Gasteiger charge is -2.07. The molecule has 0 aliphatic rings. The number of hydrogen-bond acceptors (Lipinski definition) is 6. The van der Waals surface area contributed by atoms with E-state index in [1.807, 2.05) is 0 Å². The molecular weight excluding hydrogens is 411 g/mol. The van der Waals surface area contributed by atoms with Crippen LogP contribution >= 0.6 is 22.9 Å². The summed E-state index contributed by atoms with van der Waals surface area (Å²) in [6, 6.07) is 6.53. The first-order chi connectivity index (χ1) is 13.1. The van der Waals surface area contributed by atoms with E-state index >= 15 is 0 Å². The van der Waals surface area contributed by atoms with E-state index in [9.17, 15) is 22.8 Å². The number of ketones is 1. The standard InChI is InChI=1S/C18H14F3N3O2S2/c1-9(25)6-15-22-17(28-24-15)23-16(26)13-8-14(27-10(13)2)11-4-3-5-12(7-11)18(19,20)21/h3-5,7-8H,6H2,1-2H3,(H,22,23,24,26). The van der Waals surface area contributed by atoms with Crippen LogP contribution in [0.25, 0.3) is 10.4 Å². The van der Waals surface area contributed by atoms with Crippen LogP contribution in [0.5, 0.6) is 0 Å². The molecule has 2 heterocycles. The van der Waals surface area contributed by atoms with Crippen LogP contribution in [0.2, 0.25) is 0 Å². The van der Waals surface area contributed by atoms with Gasteiger partial charge in [0.2, 0.25) is 5.13 Å². The predicted molar refractivity (Wildman–Crippen MR) is 102 cm³/mol. The molecule has 1 amide bonds. The van der Waals surface area contributed by atoms with Crippen molar-refractivity contribution in [3.8, 4) is 10.4 Å². The lowest BCUT2D eigenvalue weighted by atomic mass is 10.1. The quantitative estimate of drug-likeness (QED) is 0.626. The summed E-state index contributed by atoms with van der Waals surface area (Å²) in [5.41, 5.74) is -0.00344. The van der Waals surface area contributed by atoms with Gasteiger partial charge in [-0.05, 0) is 37.6 Å². The molecule has 0 bridgehead atoms. The second-order valence-electron chi connectivity index (χ2n) is 6.01. The summed E-state index contributed by atoms with van der Waals surface area (Å²) in [5, 5.41) is 2.87. The molecule has 28 heavy (non-hydrogen) atoms. The van der Waals surface area contributed by atoms with Crippen LogP contribution < -0.4 is 5.32 Å². The van der Waals surface area contributed by atoms with Crippen molar-refractivity contribution in [3.63, 3.8) is 0 Å². The van der Waals surface area contributed by atoms with Crippen molar-refractivity contribution in [3.05, 3.63) is 52.2 Å². The number of anilines is 1. The van der Waals surface area contributed by atoms with Crippen LogP contribution in [0.1, 0.15) is 33.5 Å². The zero-order valence-corrected chi connectivity index (χ0v) is 16.4. The smallest absolute Gasteiger partial charge is 0.300 e. The minimum atomic E-state index is -4.43. The topological polar surface area (TPSA) is 72.0 Å². The molecule has 0 saturated heterocycles. The van der Waals surface area contributed by atoms with Crippen LogP contribution in [0.4, 0.5) is 18.3 Å². The SMILES string of the molecule is CC(=O)Cc1nsc(NC(=O)c2cc(-c3cccc(C(F)(F)F)c3)sc2C)n1. The number of amides is 1. The fraction of sp³-hybridized carbons (Fsp3) is 0.222. The number of Topliss-reactive ketones (excluding diaryl/α,β-unsaturated/α-hetero) is 1. The third-order valence-corrected chi connectivity index (χ3v) is 5.50. The molecule has 3 aromatic rings. The molecule has 2 aromatic heterocycles. The number of carbonyl (C=O) groups is 2. The lowest BCUT2D eigenvalue weighted by molar-refractivity contribution is -0.137. The maximum atomic E-state index is 12.9. The van der Waals surface area contributed by atoms with Crippen LogP contribution in [-0.4, -0.2) is 21.0 Å². The molecule has 146 valence electrons. The Morgan fingerprint density at radius 2 is 1.96 bits per heavy atom. The maximum absolute atomic E-state index is 12.9. The van der Waals surface area contributed by atoms with Crippen LogP contribution in [0, 0.1) is 6.92 Å². The van der Waals surface area contributed by atoms with Crippen molar-refractivity contribution < 1.29 is 22.8 Å². The first-order valence-electron chi connectivity index (χ1n) is 8.05. The fourth-order valence-electron chi connectivity index (χ4n) is 2.46. The molecule has 0 saturated carbocycles. The number of nitrogens with one attached hydrogen (secondary N) is 1. The van der Waals surface area contributed by atoms with Crippen molar-refractivity contribution in [2.75, 3.05) is 5.32 Å². The second-order valence-corrected chi connectivity index (χ2v) is 8.02. The molecule has 0 spiro atoms. The monoisotopic (exact) mass is 425 g/mol. The second kappa shape index (κ2) is 7.80. The van der Waals surface area contributed by atoms with E-state index in [0.717, 1.165) is 23.7 Å². The summed E-state index contributed by atoms with van der Waals surface area (Å²) in [7, 11) is 0. The number of aryl methyl sites for hydroxylation is 1. The number of rotatable bonds is 5. The fourth-order valence-corrected chi connectivity index (χ4v) is 4.06. The predicted octanol–water partition coefficient (Wildman–Crippen LogP) is 4.98. The average Bonchev–Trinajstić information content (AvgIpc) is 3.20. The van der Waals surface area contributed by atoms with Gasteiger partial charge in [-0.2, -0.15) is 17.5 Å². The maximum Gasteiger partial charge on any atom is 0.416 e. The molecule has 3 rings (SSSR count). The van der Waals surface area contributed by atoms with E-state index in [1.54, 1.807) is 19.1 Å². The highest BCUT2D eigenvalue weighted by molar-refractivity contribution is 7.15. The Labute approximate surface area is 166 Å². The zero-order valence-electron chi connectivity index (χ0n) is 14.8. The minimum absolute atomic E-state index is 0.0868. The first kappa shape index (κ1) is 20.2. The molecule has 10 heteroatoms. The van der Waals surface area contributed by atoms with Crippen molar-refractivity contribution >= 4 is 39.7 Å². The Morgan fingerprint density at radius 3 is 2.64 bits per heavy atom. The molecule has 0 fully saturated rings. The van der Waals surface area contributed by atoms with Crippen LogP contribution in [0.15, 0.2) is 30.3 Å². The lowest BCUT2D eigenvalue weighted by Crippen LogP contribution is -2.12. The third kappa shape index (κ3) is 4.63. The van der Waals surface area contributed by atoms with Gasteiger partial charge in [0.05, 0.1) is 17.5 Å². The number of hydrogen-bond donors (Lipinski definition) is 1. The summed E-state index contributed by atoms with van der Waals surface area (Å²) < 4.78 is 42.8. The van der Waals surface area contributed by atoms with Crippen molar-refractivity contribution in [1.82, 2.24) is 9.36 Å². The van der Waals surface area contributed by atoms with Gasteiger partial charge in [-0.3, -0.25) is 14.9 Å². The Hall–Kier alpha value is -2.59. The highest BCUT2D eigenvalue weighted by Gasteiger charge is 2.30. The molecular formula is C18H14F3N3O2S2. The number of carbonyl (C=O) groups excluding carboxylic acids is 2. The van der Waals surface area contributed by atoms with Crippen LogP contribution in [-0.2, 0) is 17.4 Å². The normalized spacial score (nSPS) is 11.5. The van der Waals surface area contributed by atoms with Gasteiger partial charge in [0.1, 0.15) is 5.78 Å².